The van der Waals surface area contributed by atoms with Gasteiger partial charge in [-0.1, -0.05) is 0 Å². The van der Waals surface area contributed by atoms with Gasteiger partial charge in [0.15, 0.2) is 11.3 Å². The van der Waals surface area contributed by atoms with Crippen molar-refractivity contribution in [2.45, 2.75) is 32.8 Å². The summed E-state index contributed by atoms with van der Waals surface area (Å²) >= 11 is 0. The number of aliphatic hydroxyl groups excluding tert-OH is 1. The van der Waals surface area contributed by atoms with E-state index in [1.807, 2.05) is 19.1 Å². The van der Waals surface area contributed by atoms with Gasteiger partial charge in [0.1, 0.15) is 5.52 Å². The first-order valence-electron chi connectivity index (χ1n) is 7.39. The van der Waals surface area contributed by atoms with E-state index in [1.165, 1.54) is 0 Å². The summed E-state index contributed by atoms with van der Waals surface area (Å²) in [5.74, 6) is 0.359. The molecule has 1 aliphatic heterocycles. The number of hydrogen-bond donors (Lipinski definition) is 1. The van der Waals surface area contributed by atoms with Crippen LogP contribution in [0.25, 0.3) is 11.1 Å². The minimum Gasteiger partial charge on any atom is -0.449 e. The van der Waals surface area contributed by atoms with E-state index in [9.17, 15) is 9.90 Å². The quantitative estimate of drug-likeness (QED) is 0.921. The van der Waals surface area contributed by atoms with Crippen LogP contribution >= 0.6 is 0 Å². The average molecular weight is 288 g/mol. The zero-order chi connectivity index (χ0) is 15.0. The highest BCUT2D eigenvalue weighted by Gasteiger charge is 2.28. The molecule has 0 aromatic carbocycles. The number of amides is 1. The van der Waals surface area contributed by atoms with E-state index in [0.717, 1.165) is 18.5 Å². The normalized spacial score (nSPS) is 20.7. The molecule has 0 bridgehead atoms. The molecule has 0 saturated carbocycles. The van der Waals surface area contributed by atoms with Gasteiger partial charge >= 0.3 is 0 Å². The van der Waals surface area contributed by atoms with Crippen LogP contribution in [0.1, 0.15) is 36.0 Å². The molecule has 3 rings (SSSR count). The second kappa shape index (κ2) is 5.48. The van der Waals surface area contributed by atoms with Crippen molar-refractivity contribution in [3.05, 3.63) is 29.7 Å². The molecule has 0 spiro atoms. The Balaban J connectivity index is 1.82. The van der Waals surface area contributed by atoms with E-state index in [0.29, 0.717) is 29.9 Å². The number of fused-ring (bicyclic) bond motifs is 1. The lowest BCUT2D eigenvalue weighted by molar-refractivity contribution is 0.0444. The molecule has 5 nitrogen and oxygen atoms in total. The van der Waals surface area contributed by atoms with Crippen molar-refractivity contribution in [2.75, 3.05) is 13.1 Å². The summed E-state index contributed by atoms with van der Waals surface area (Å²) in [7, 11) is 0. The number of aryl methyl sites for hydroxylation is 1. The molecule has 1 fully saturated rings. The van der Waals surface area contributed by atoms with Crippen molar-refractivity contribution in [3.63, 3.8) is 0 Å². The number of carbonyl (C=O) groups excluding carboxylic acids is 1. The number of aromatic nitrogens is 1. The first-order chi connectivity index (χ1) is 10.0. The van der Waals surface area contributed by atoms with Crippen LogP contribution in [0.15, 0.2) is 22.6 Å². The Hall–Kier alpha value is -1.88. The van der Waals surface area contributed by atoms with Crippen LogP contribution in [0.3, 0.4) is 0 Å². The predicted octanol–water partition coefficient (Wildman–Crippen LogP) is 2.37. The lowest BCUT2D eigenvalue weighted by atomic mass is 9.93. The number of furan rings is 1. The van der Waals surface area contributed by atoms with Gasteiger partial charge in [-0.2, -0.15) is 0 Å². The van der Waals surface area contributed by atoms with E-state index in [2.05, 4.69) is 4.98 Å². The average Bonchev–Trinajstić information content (AvgIpc) is 2.89. The zero-order valence-corrected chi connectivity index (χ0v) is 12.4. The summed E-state index contributed by atoms with van der Waals surface area (Å²) in [6.07, 6.45) is 1.49. The van der Waals surface area contributed by atoms with Gasteiger partial charge in [-0.3, -0.25) is 4.79 Å². The van der Waals surface area contributed by atoms with Crippen LogP contribution < -0.4 is 0 Å². The Bertz CT molecular complexity index is 663. The van der Waals surface area contributed by atoms with E-state index < -0.39 is 0 Å². The van der Waals surface area contributed by atoms with Crippen LogP contribution in [0.2, 0.25) is 0 Å². The summed E-state index contributed by atoms with van der Waals surface area (Å²) in [5, 5.41) is 9.72. The van der Waals surface area contributed by atoms with Gasteiger partial charge in [0.2, 0.25) is 0 Å². The number of likely N-dealkylation sites (tertiary alicyclic amines) is 1. The predicted molar refractivity (Wildman–Crippen MR) is 79.1 cm³/mol. The van der Waals surface area contributed by atoms with Crippen molar-refractivity contribution in [3.8, 4) is 0 Å². The smallest absolute Gasteiger partial charge is 0.289 e. The Kier molecular flexibility index (Phi) is 3.68. The molecule has 2 aromatic rings. The molecule has 1 N–H and O–H groups in total. The van der Waals surface area contributed by atoms with Crippen molar-refractivity contribution < 1.29 is 14.3 Å². The van der Waals surface area contributed by atoms with E-state index in [-0.39, 0.29) is 17.9 Å². The highest BCUT2D eigenvalue weighted by atomic mass is 16.3. The van der Waals surface area contributed by atoms with Crippen LogP contribution in [-0.2, 0) is 0 Å². The third-order valence-electron chi connectivity index (χ3n) is 4.15. The third kappa shape index (κ3) is 2.78. The second-order valence-corrected chi connectivity index (χ2v) is 5.84. The lowest BCUT2D eigenvalue weighted by Crippen LogP contribution is -2.42. The Morgan fingerprint density at radius 1 is 1.52 bits per heavy atom. The number of rotatable bonds is 2. The molecule has 0 aliphatic carbocycles. The van der Waals surface area contributed by atoms with Crippen LogP contribution in [0, 0.1) is 12.8 Å². The molecule has 21 heavy (non-hydrogen) atoms. The van der Waals surface area contributed by atoms with Gasteiger partial charge < -0.3 is 14.4 Å². The van der Waals surface area contributed by atoms with Gasteiger partial charge in [-0.05, 0) is 38.8 Å². The number of pyridine rings is 1. The number of piperidine rings is 1. The number of carbonyl (C=O) groups is 1. The highest BCUT2D eigenvalue weighted by Crippen LogP contribution is 2.24. The number of hydrogen-bond acceptors (Lipinski definition) is 4. The fourth-order valence-electron chi connectivity index (χ4n) is 2.88. The molecule has 1 saturated heterocycles. The Morgan fingerprint density at radius 3 is 3.10 bits per heavy atom. The first kappa shape index (κ1) is 14.1. The van der Waals surface area contributed by atoms with E-state index >= 15 is 0 Å². The summed E-state index contributed by atoms with van der Waals surface area (Å²) in [6, 6.07) is 5.41. The first-order valence-corrected chi connectivity index (χ1v) is 7.39. The minimum atomic E-state index is -0.388. The molecule has 3 heterocycles. The summed E-state index contributed by atoms with van der Waals surface area (Å²) in [4.78, 5) is 18.7. The minimum absolute atomic E-state index is 0.115. The summed E-state index contributed by atoms with van der Waals surface area (Å²) < 4.78 is 5.62. The maximum atomic E-state index is 12.5. The fraction of sp³-hybridized carbons (Fsp3) is 0.500. The molecule has 2 atom stereocenters. The Morgan fingerprint density at radius 2 is 2.33 bits per heavy atom. The lowest BCUT2D eigenvalue weighted by Gasteiger charge is -2.33. The molecule has 1 amide bonds. The maximum Gasteiger partial charge on any atom is 0.289 e. The zero-order valence-electron chi connectivity index (χ0n) is 12.4. The third-order valence-corrected chi connectivity index (χ3v) is 4.15. The molecule has 2 aromatic heterocycles. The molecule has 0 unspecified atom stereocenters. The SMILES string of the molecule is Cc1ccc2oc(C(=O)N3CCC[C@@H]([C@H](C)O)C3)cc2n1. The monoisotopic (exact) mass is 288 g/mol. The fourth-order valence-corrected chi connectivity index (χ4v) is 2.88. The molecule has 1 aliphatic rings. The molecule has 0 radical (unpaired) electrons. The van der Waals surface area contributed by atoms with Crippen molar-refractivity contribution in [1.82, 2.24) is 9.88 Å². The Labute approximate surface area is 123 Å². The van der Waals surface area contributed by atoms with Crippen LogP contribution in [-0.4, -0.2) is 40.1 Å². The molecular formula is C16H20N2O3. The number of aliphatic hydroxyl groups is 1. The van der Waals surface area contributed by atoms with Crippen LogP contribution in [0.4, 0.5) is 0 Å². The maximum absolute atomic E-state index is 12.5. The standard InChI is InChI=1S/C16H20N2O3/c1-10-5-6-14-13(17-10)8-15(21-14)16(20)18-7-3-4-12(9-18)11(2)19/h5-6,8,11-12,19H,3-4,7,9H2,1-2H3/t11-,12+/m0/s1. The number of nitrogens with zero attached hydrogens (tertiary/aromatic N) is 2. The van der Waals surface area contributed by atoms with Gasteiger partial charge in [0, 0.05) is 30.8 Å². The van der Waals surface area contributed by atoms with Crippen molar-refractivity contribution in [1.29, 1.82) is 0 Å². The topological polar surface area (TPSA) is 66.6 Å². The highest BCUT2D eigenvalue weighted by molar-refractivity contribution is 5.95. The largest absolute Gasteiger partial charge is 0.449 e. The van der Waals surface area contributed by atoms with Crippen molar-refractivity contribution in [2.24, 2.45) is 5.92 Å². The van der Waals surface area contributed by atoms with Gasteiger partial charge in [-0.25, -0.2) is 4.98 Å². The van der Waals surface area contributed by atoms with Gasteiger partial charge in [0.25, 0.3) is 5.91 Å². The van der Waals surface area contributed by atoms with Crippen molar-refractivity contribution >= 4 is 17.0 Å². The summed E-state index contributed by atoms with van der Waals surface area (Å²) in [6.45, 7) is 4.99. The van der Waals surface area contributed by atoms with Crippen LogP contribution in [0.5, 0.6) is 0 Å². The second-order valence-electron chi connectivity index (χ2n) is 5.84. The summed E-state index contributed by atoms with van der Waals surface area (Å²) in [5.41, 5.74) is 2.24. The molecule has 112 valence electrons. The molecule has 5 heteroatoms. The van der Waals surface area contributed by atoms with E-state index in [4.69, 9.17) is 4.42 Å². The van der Waals surface area contributed by atoms with Gasteiger partial charge in [0.05, 0.1) is 6.10 Å². The molecular weight excluding hydrogens is 268 g/mol. The van der Waals surface area contributed by atoms with Gasteiger partial charge in [-0.15, -0.1) is 0 Å². The van der Waals surface area contributed by atoms with E-state index in [1.54, 1.807) is 17.9 Å².